The minimum atomic E-state index is -0.262. The monoisotopic (exact) mass is 146 g/mol. The van der Waals surface area contributed by atoms with E-state index in [-0.39, 0.29) is 31.2 Å². The van der Waals surface area contributed by atoms with Crippen molar-refractivity contribution in [3.8, 4) is 0 Å². The molecular formula is C6H10O4. The average molecular weight is 146 g/mol. The Morgan fingerprint density at radius 2 is 2.20 bits per heavy atom. The zero-order valence-corrected chi connectivity index (χ0v) is 5.69. The number of rotatable bonds is 2. The van der Waals surface area contributed by atoms with Crippen LogP contribution in [0.2, 0.25) is 0 Å². The Morgan fingerprint density at radius 1 is 1.40 bits per heavy atom. The summed E-state index contributed by atoms with van der Waals surface area (Å²) < 4.78 is 15.3. The van der Waals surface area contributed by atoms with E-state index in [9.17, 15) is 0 Å². The molecule has 2 rings (SSSR count). The smallest absolute Gasteiger partial charge is 0.186 e. The van der Waals surface area contributed by atoms with Crippen LogP contribution in [0.25, 0.3) is 0 Å². The second-order valence-corrected chi connectivity index (χ2v) is 2.53. The first kappa shape index (κ1) is 6.54. The van der Waals surface area contributed by atoms with Crippen molar-refractivity contribution >= 4 is 0 Å². The summed E-state index contributed by atoms with van der Waals surface area (Å²) in [5.41, 5.74) is 0. The van der Waals surface area contributed by atoms with Crippen molar-refractivity contribution in [2.75, 3.05) is 13.7 Å². The molecule has 2 heterocycles. The van der Waals surface area contributed by atoms with Crippen LogP contribution in [-0.4, -0.2) is 43.4 Å². The Bertz CT molecular complexity index is 124. The van der Waals surface area contributed by atoms with Crippen LogP contribution in [0, 0.1) is 0 Å². The molecule has 58 valence electrons. The third kappa shape index (κ3) is 0.769. The highest BCUT2D eigenvalue weighted by atomic mass is 16.8. The first-order chi connectivity index (χ1) is 4.86. The lowest BCUT2D eigenvalue weighted by Gasteiger charge is -2.13. The highest BCUT2D eigenvalue weighted by Gasteiger charge is 2.58. The molecule has 0 aromatic carbocycles. The fourth-order valence-electron chi connectivity index (χ4n) is 1.32. The van der Waals surface area contributed by atoms with Crippen LogP contribution in [0.4, 0.5) is 0 Å². The van der Waals surface area contributed by atoms with Crippen LogP contribution in [0.15, 0.2) is 0 Å². The lowest BCUT2D eigenvalue weighted by molar-refractivity contribution is -0.166. The molecule has 4 heteroatoms. The van der Waals surface area contributed by atoms with Gasteiger partial charge in [0.1, 0.15) is 18.3 Å². The van der Waals surface area contributed by atoms with Gasteiger partial charge in [-0.3, -0.25) is 0 Å². The third-order valence-corrected chi connectivity index (χ3v) is 1.92. The standard InChI is InChI=1S/C6H10O4/c1-8-6-5-4(10-5)3(2-7)9-6/h3-7H,2H2,1H3/t3-,4-,5+,6+/m1/s1. The molecule has 4 nitrogen and oxygen atoms in total. The van der Waals surface area contributed by atoms with Crippen molar-refractivity contribution in [2.24, 2.45) is 0 Å². The molecule has 0 radical (unpaired) electrons. The Balaban J connectivity index is 1.95. The van der Waals surface area contributed by atoms with E-state index >= 15 is 0 Å². The Kier molecular flexibility index (Phi) is 1.42. The van der Waals surface area contributed by atoms with Gasteiger partial charge in [0.05, 0.1) is 6.61 Å². The molecule has 1 N–H and O–H groups in total. The zero-order chi connectivity index (χ0) is 7.14. The molecule has 0 spiro atoms. The van der Waals surface area contributed by atoms with Gasteiger partial charge < -0.3 is 19.3 Å². The maximum absolute atomic E-state index is 8.72. The molecule has 2 saturated heterocycles. The van der Waals surface area contributed by atoms with Gasteiger partial charge in [0, 0.05) is 7.11 Å². The summed E-state index contributed by atoms with van der Waals surface area (Å²) >= 11 is 0. The van der Waals surface area contributed by atoms with E-state index in [4.69, 9.17) is 19.3 Å². The van der Waals surface area contributed by atoms with Gasteiger partial charge in [-0.15, -0.1) is 0 Å². The highest BCUT2D eigenvalue weighted by molar-refractivity contribution is 4.99. The van der Waals surface area contributed by atoms with Crippen molar-refractivity contribution in [1.82, 2.24) is 0 Å². The molecule has 0 unspecified atom stereocenters. The first-order valence-electron chi connectivity index (χ1n) is 3.31. The zero-order valence-electron chi connectivity index (χ0n) is 5.69. The normalized spacial score (nSPS) is 51.0. The number of fused-ring (bicyclic) bond motifs is 1. The van der Waals surface area contributed by atoms with Crippen molar-refractivity contribution in [1.29, 1.82) is 0 Å². The number of methoxy groups -OCH3 is 1. The van der Waals surface area contributed by atoms with Crippen molar-refractivity contribution in [2.45, 2.75) is 24.6 Å². The predicted octanol–water partition coefficient (Wildman–Crippen LogP) is -0.883. The molecule has 2 aliphatic rings. The Labute approximate surface area is 58.7 Å². The number of aliphatic hydroxyl groups excluding tert-OH is 1. The van der Waals surface area contributed by atoms with Gasteiger partial charge in [-0.1, -0.05) is 0 Å². The topological polar surface area (TPSA) is 51.2 Å². The summed E-state index contributed by atoms with van der Waals surface area (Å²) in [4.78, 5) is 0. The van der Waals surface area contributed by atoms with Crippen molar-refractivity contribution in [3.63, 3.8) is 0 Å². The summed E-state index contributed by atoms with van der Waals surface area (Å²) in [6.45, 7) is 0.0149. The molecule has 0 aromatic heterocycles. The molecule has 10 heavy (non-hydrogen) atoms. The summed E-state index contributed by atoms with van der Waals surface area (Å²) in [6.07, 6.45) is -0.283. The van der Waals surface area contributed by atoms with Crippen LogP contribution in [0.1, 0.15) is 0 Å². The largest absolute Gasteiger partial charge is 0.394 e. The molecule has 2 aliphatic heterocycles. The Hall–Kier alpha value is -0.160. The quantitative estimate of drug-likeness (QED) is 0.514. The summed E-state index contributed by atoms with van der Waals surface area (Å²) in [7, 11) is 1.57. The molecule has 0 aliphatic carbocycles. The van der Waals surface area contributed by atoms with E-state index < -0.39 is 0 Å². The van der Waals surface area contributed by atoms with Crippen LogP contribution in [0.3, 0.4) is 0 Å². The van der Waals surface area contributed by atoms with E-state index in [0.717, 1.165) is 0 Å². The molecule has 0 bridgehead atoms. The SMILES string of the molecule is CO[C@H]1O[C@H](CO)[C@H]2O[C@H]12. The van der Waals surface area contributed by atoms with Gasteiger partial charge in [-0.2, -0.15) is 0 Å². The van der Waals surface area contributed by atoms with Gasteiger partial charge in [-0.25, -0.2) is 0 Å². The lowest BCUT2D eigenvalue weighted by atomic mass is 10.2. The fraction of sp³-hybridized carbons (Fsp3) is 1.00. The van der Waals surface area contributed by atoms with Gasteiger partial charge in [0.25, 0.3) is 0 Å². The number of ether oxygens (including phenoxy) is 3. The average Bonchev–Trinajstić information content (AvgIpc) is 2.67. The molecule has 0 amide bonds. The minimum Gasteiger partial charge on any atom is -0.394 e. The summed E-state index contributed by atoms with van der Waals surface area (Å²) in [5.74, 6) is 0. The molecule has 4 atom stereocenters. The van der Waals surface area contributed by atoms with Crippen LogP contribution >= 0.6 is 0 Å². The van der Waals surface area contributed by atoms with Gasteiger partial charge in [-0.05, 0) is 0 Å². The number of hydrogen-bond donors (Lipinski definition) is 1. The second-order valence-electron chi connectivity index (χ2n) is 2.53. The second kappa shape index (κ2) is 2.17. The van der Waals surface area contributed by atoms with Crippen LogP contribution < -0.4 is 0 Å². The van der Waals surface area contributed by atoms with Crippen LogP contribution in [0.5, 0.6) is 0 Å². The summed E-state index contributed by atoms with van der Waals surface area (Å²) in [6, 6.07) is 0. The molecule has 0 saturated carbocycles. The minimum absolute atomic E-state index is 0.0149. The van der Waals surface area contributed by atoms with Gasteiger partial charge in [0.2, 0.25) is 0 Å². The maximum atomic E-state index is 8.72. The van der Waals surface area contributed by atoms with Gasteiger partial charge in [0.15, 0.2) is 6.29 Å². The van der Waals surface area contributed by atoms with Gasteiger partial charge >= 0.3 is 0 Å². The molecular weight excluding hydrogens is 136 g/mol. The van der Waals surface area contributed by atoms with Crippen molar-refractivity contribution in [3.05, 3.63) is 0 Å². The van der Waals surface area contributed by atoms with E-state index in [1.807, 2.05) is 0 Å². The van der Waals surface area contributed by atoms with Crippen molar-refractivity contribution < 1.29 is 19.3 Å². The maximum Gasteiger partial charge on any atom is 0.186 e. The summed E-state index contributed by atoms with van der Waals surface area (Å²) in [5, 5.41) is 8.72. The third-order valence-electron chi connectivity index (χ3n) is 1.92. The number of aliphatic hydroxyl groups is 1. The lowest BCUT2D eigenvalue weighted by Crippen LogP contribution is -2.23. The highest BCUT2D eigenvalue weighted by Crippen LogP contribution is 2.38. The molecule has 2 fully saturated rings. The van der Waals surface area contributed by atoms with E-state index in [1.54, 1.807) is 7.11 Å². The van der Waals surface area contributed by atoms with Crippen LogP contribution in [-0.2, 0) is 14.2 Å². The van der Waals surface area contributed by atoms with E-state index in [1.165, 1.54) is 0 Å². The fourth-order valence-corrected chi connectivity index (χ4v) is 1.32. The Morgan fingerprint density at radius 3 is 2.60 bits per heavy atom. The number of epoxide rings is 1. The van der Waals surface area contributed by atoms with E-state index in [2.05, 4.69) is 0 Å². The number of hydrogen-bond acceptors (Lipinski definition) is 4. The van der Waals surface area contributed by atoms with E-state index in [0.29, 0.717) is 0 Å². The molecule has 0 aromatic rings. The first-order valence-corrected chi connectivity index (χ1v) is 3.31. The predicted molar refractivity (Wildman–Crippen MR) is 31.4 cm³/mol.